The highest BCUT2D eigenvalue weighted by molar-refractivity contribution is 5.72. The van der Waals surface area contributed by atoms with E-state index in [-0.39, 0.29) is 38.4 Å². The van der Waals surface area contributed by atoms with Gasteiger partial charge >= 0.3 is 17.9 Å². The molecule has 1 atom stereocenters. The van der Waals surface area contributed by atoms with Gasteiger partial charge in [-0.3, -0.25) is 14.4 Å². The van der Waals surface area contributed by atoms with Gasteiger partial charge in [-0.2, -0.15) is 0 Å². The van der Waals surface area contributed by atoms with Crippen molar-refractivity contribution in [3.63, 3.8) is 0 Å². The van der Waals surface area contributed by atoms with E-state index in [1.807, 2.05) is 42.5 Å². The van der Waals surface area contributed by atoms with E-state index in [9.17, 15) is 14.4 Å². The Balaban J connectivity index is 4.59. The first-order valence-corrected chi connectivity index (χ1v) is 22.1. The van der Waals surface area contributed by atoms with E-state index in [0.29, 0.717) is 12.8 Å². The maximum absolute atomic E-state index is 12.7. The Morgan fingerprint density at radius 1 is 0.404 bits per heavy atom. The van der Waals surface area contributed by atoms with Crippen molar-refractivity contribution in [2.24, 2.45) is 0 Å². The van der Waals surface area contributed by atoms with Crippen LogP contribution in [0, 0.1) is 0 Å². The predicted octanol–water partition coefficient (Wildman–Crippen LogP) is 14.2. The van der Waals surface area contributed by atoms with Gasteiger partial charge in [0.15, 0.2) is 6.10 Å². The Bertz CT molecular complexity index is 1270. The van der Waals surface area contributed by atoms with Gasteiger partial charge in [0.1, 0.15) is 13.2 Å². The minimum atomic E-state index is -0.855. The van der Waals surface area contributed by atoms with E-state index in [0.717, 1.165) is 64.2 Å². The highest BCUT2D eigenvalue weighted by atomic mass is 16.6. The van der Waals surface area contributed by atoms with E-state index in [1.54, 1.807) is 6.08 Å². The molecule has 0 rings (SSSR count). The maximum Gasteiger partial charge on any atom is 0.309 e. The van der Waals surface area contributed by atoms with Gasteiger partial charge in [0.2, 0.25) is 0 Å². The van der Waals surface area contributed by atoms with Crippen molar-refractivity contribution in [3.05, 3.63) is 122 Å². The molecule has 0 radical (unpaired) electrons. The number of carbonyl (C=O) groups excluding carboxylic acids is 3. The summed E-state index contributed by atoms with van der Waals surface area (Å²) in [6.07, 6.45) is 60.8. The molecular weight excluding hydrogens is 709 g/mol. The zero-order valence-corrected chi connectivity index (χ0v) is 36.0. The first kappa shape index (κ1) is 52.8. The number of rotatable bonds is 37. The molecule has 0 aliphatic heterocycles. The molecular formula is C51H78O6. The highest BCUT2D eigenvalue weighted by Crippen LogP contribution is 2.10. The first-order valence-electron chi connectivity index (χ1n) is 22.1. The summed E-state index contributed by atoms with van der Waals surface area (Å²) in [6.45, 7) is 6.15. The minimum Gasteiger partial charge on any atom is -0.462 e. The van der Waals surface area contributed by atoms with Crippen LogP contribution >= 0.6 is 0 Å². The number of hydrogen-bond acceptors (Lipinski definition) is 6. The second-order valence-corrected chi connectivity index (χ2v) is 13.9. The van der Waals surface area contributed by atoms with Crippen LogP contribution < -0.4 is 0 Å². The third kappa shape index (κ3) is 42.8. The van der Waals surface area contributed by atoms with E-state index < -0.39 is 18.0 Å². The van der Waals surface area contributed by atoms with Crippen LogP contribution in [-0.2, 0) is 28.6 Å². The van der Waals surface area contributed by atoms with Crippen molar-refractivity contribution in [2.75, 3.05) is 13.2 Å². The fraction of sp³-hybridized carbons (Fsp3) is 0.549. The van der Waals surface area contributed by atoms with Crippen LogP contribution in [-0.4, -0.2) is 37.2 Å². The summed E-state index contributed by atoms with van der Waals surface area (Å²) in [5, 5.41) is 0. The fourth-order valence-electron chi connectivity index (χ4n) is 5.29. The molecule has 0 aromatic carbocycles. The summed E-state index contributed by atoms with van der Waals surface area (Å²) in [5.41, 5.74) is 0. The number of carbonyl (C=O) groups is 3. The van der Waals surface area contributed by atoms with Gasteiger partial charge in [-0.05, 0) is 83.5 Å². The molecule has 0 bridgehead atoms. The van der Waals surface area contributed by atoms with Crippen molar-refractivity contribution in [3.8, 4) is 0 Å². The lowest BCUT2D eigenvalue weighted by atomic mass is 10.1. The monoisotopic (exact) mass is 787 g/mol. The average Bonchev–Trinajstić information content (AvgIpc) is 3.21. The summed E-state index contributed by atoms with van der Waals surface area (Å²) in [6, 6.07) is 0. The smallest absolute Gasteiger partial charge is 0.309 e. The molecule has 0 aliphatic carbocycles. The molecule has 0 fully saturated rings. The first-order chi connectivity index (χ1) is 28.0. The van der Waals surface area contributed by atoms with Crippen LogP contribution in [0.2, 0.25) is 0 Å². The van der Waals surface area contributed by atoms with Crippen molar-refractivity contribution in [1.29, 1.82) is 0 Å². The second kappa shape index (κ2) is 44.5. The lowest BCUT2D eigenvalue weighted by Gasteiger charge is -2.18. The van der Waals surface area contributed by atoms with E-state index >= 15 is 0 Å². The van der Waals surface area contributed by atoms with E-state index in [1.165, 1.54) is 44.9 Å². The van der Waals surface area contributed by atoms with Gasteiger partial charge in [0.25, 0.3) is 0 Å². The Labute approximate surface area is 348 Å². The number of hydrogen-bond donors (Lipinski definition) is 0. The summed E-state index contributed by atoms with van der Waals surface area (Å²) in [7, 11) is 0. The maximum atomic E-state index is 12.7. The molecule has 0 N–H and O–H groups in total. The van der Waals surface area contributed by atoms with Gasteiger partial charge in [0.05, 0.1) is 6.42 Å². The minimum absolute atomic E-state index is 0.112. The predicted molar refractivity (Wildman–Crippen MR) is 242 cm³/mol. The van der Waals surface area contributed by atoms with Gasteiger partial charge in [-0.25, -0.2) is 0 Å². The summed E-state index contributed by atoms with van der Waals surface area (Å²) in [5.74, 6) is -1.18. The number of esters is 3. The van der Waals surface area contributed by atoms with Gasteiger partial charge in [-0.1, -0.05) is 181 Å². The van der Waals surface area contributed by atoms with Crippen LogP contribution in [0.1, 0.15) is 162 Å². The number of unbranched alkanes of at least 4 members (excludes halogenated alkanes) is 10. The zero-order valence-electron chi connectivity index (χ0n) is 36.0. The summed E-state index contributed by atoms with van der Waals surface area (Å²) >= 11 is 0. The molecule has 6 heteroatoms. The number of ether oxygens (including phenoxy) is 3. The largest absolute Gasteiger partial charge is 0.462 e. The molecule has 0 aromatic heterocycles. The Kier molecular flexibility index (Phi) is 41.3. The molecule has 57 heavy (non-hydrogen) atoms. The lowest BCUT2D eigenvalue weighted by Crippen LogP contribution is -2.30. The van der Waals surface area contributed by atoms with Crippen LogP contribution in [0.4, 0.5) is 0 Å². The van der Waals surface area contributed by atoms with E-state index in [4.69, 9.17) is 14.2 Å². The third-order valence-corrected chi connectivity index (χ3v) is 8.56. The molecule has 0 aliphatic rings. The van der Waals surface area contributed by atoms with Crippen LogP contribution in [0.25, 0.3) is 0 Å². The molecule has 0 saturated heterocycles. The Morgan fingerprint density at radius 3 is 1.49 bits per heavy atom. The average molecular weight is 787 g/mol. The SMILES string of the molecule is CC\C=C/C=C\C=C/C=C\CCCCCC(=O)OC(COC(=O)C/C=C\C/C=C\C/C=C\CC)COC(=O)CCC/C=C\C/C=C\C/C=C\CCCCCCCC. The van der Waals surface area contributed by atoms with Crippen LogP contribution in [0.3, 0.4) is 0 Å². The molecule has 1 unspecified atom stereocenters. The quantitative estimate of drug-likeness (QED) is 0.0205. The standard InChI is InChI=1S/C51H78O6/c1-4-7-10-13-16-19-21-23-24-25-26-28-29-32-35-38-41-44-50(53)56-47-48(46-55-49(52)43-40-37-34-31-18-15-12-9-6-3)57-51(54)45-42-39-36-33-30-27-22-20-17-14-11-8-5-2/h8-9,11-12,14,17-18,20,22-24,26-28,30-32,35,37,40,48H,4-7,10,13,15-16,19,21,25,29,33-34,36,38-39,41-47H2,1-3H3/b11-8-,12-9-,17-14-,22-20-,24-23-,28-26-,30-27-,31-18-,35-32-,40-37-. The fourth-order valence-corrected chi connectivity index (χ4v) is 5.29. The van der Waals surface area contributed by atoms with E-state index in [2.05, 4.69) is 93.7 Å². The summed E-state index contributed by atoms with van der Waals surface area (Å²) in [4.78, 5) is 37.6. The normalized spacial score (nSPS) is 13.2. The molecule has 0 heterocycles. The molecule has 6 nitrogen and oxygen atoms in total. The lowest BCUT2D eigenvalue weighted by molar-refractivity contribution is -0.166. The molecule has 0 spiro atoms. The Hall–Kier alpha value is -4.19. The number of allylic oxidation sites excluding steroid dienone is 19. The van der Waals surface area contributed by atoms with Gasteiger partial charge in [0, 0.05) is 12.8 Å². The highest BCUT2D eigenvalue weighted by Gasteiger charge is 2.19. The second-order valence-electron chi connectivity index (χ2n) is 13.9. The van der Waals surface area contributed by atoms with Crippen molar-refractivity contribution in [1.82, 2.24) is 0 Å². The van der Waals surface area contributed by atoms with Crippen molar-refractivity contribution >= 4 is 17.9 Å². The van der Waals surface area contributed by atoms with Crippen LogP contribution in [0.5, 0.6) is 0 Å². The topological polar surface area (TPSA) is 78.9 Å². The van der Waals surface area contributed by atoms with Crippen molar-refractivity contribution in [2.45, 2.75) is 168 Å². The zero-order chi connectivity index (χ0) is 41.5. The molecule has 0 saturated carbocycles. The Morgan fingerprint density at radius 2 is 0.860 bits per heavy atom. The molecule has 0 amide bonds. The van der Waals surface area contributed by atoms with Gasteiger partial charge < -0.3 is 14.2 Å². The molecule has 0 aromatic rings. The van der Waals surface area contributed by atoms with Crippen molar-refractivity contribution < 1.29 is 28.6 Å². The summed E-state index contributed by atoms with van der Waals surface area (Å²) < 4.78 is 16.5. The third-order valence-electron chi connectivity index (χ3n) is 8.56. The van der Waals surface area contributed by atoms with Gasteiger partial charge in [-0.15, -0.1) is 0 Å². The van der Waals surface area contributed by atoms with Crippen LogP contribution in [0.15, 0.2) is 122 Å². The molecule has 318 valence electrons.